The Bertz CT molecular complexity index is 467. The van der Waals surface area contributed by atoms with Crippen molar-refractivity contribution in [1.29, 1.82) is 0 Å². The van der Waals surface area contributed by atoms with E-state index in [1.165, 1.54) is 18.4 Å². The van der Waals surface area contributed by atoms with Crippen LogP contribution in [-0.4, -0.2) is 54.9 Å². The Morgan fingerprint density at radius 1 is 1.33 bits per heavy atom. The van der Waals surface area contributed by atoms with Crippen LogP contribution in [0.1, 0.15) is 42.6 Å². The third kappa shape index (κ3) is 3.92. The van der Waals surface area contributed by atoms with Gasteiger partial charge in [0.05, 0.1) is 6.04 Å². The molecule has 1 heterocycles. The molecule has 1 aliphatic heterocycles. The van der Waals surface area contributed by atoms with Crippen LogP contribution < -0.4 is 0 Å². The fourth-order valence-electron chi connectivity index (χ4n) is 3.07. The van der Waals surface area contributed by atoms with E-state index >= 15 is 0 Å². The first-order valence-corrected chi connectivity index (χ1v) is 8.06. The standard InChI is InChI=1S/C18H28N2O/c1-5-15-8-10-16(11-9-15)18(21)14(2)20-12-6-7-17(13-20)19(3)4/h8-11,14,17H,5-7,12-13H2,1-4H3. The molecule has 2 atom stereocenters. The van der Waals surface area contributed by atoms with Crippen molar-refractivity contribution in [3.63, 3.8) is 0 Å². The molecule has 116 valence electrons. The van der Waals surface area contributed by atoms with Gasteiger partial charge < -0.3 is 4.90 Å². The molecule has 3 nitrogen and oxygen atoms in total. The van der Waals surface area contributed by atoms with Gasteiger partial charge in [0.1, 0.15) is 0 Å². The predicted molar refractivity (Wildman–Crippen MR) is 87.9 cm³/mol. The van der Waals surface area contributed by atoms with Crippen LogP contribution in [0.15, 0.2) is 24.3 Å². The number of likely N-dealkylation sites (N-methyl/N-ethyl adjacent to an activating group) is 1. The fourth-order valence-corrected chi connectivity index (χ4v) is 3.07. The van der Waals surface area contributed by atoms with Gasteiger partial charge in [0.25, 0.3) is 0 Å². The molecule has 1 aromatic carbocycles. The van der Waals surface area contributed by atoms with E-state index < -0.39 is 0 Å². The minimum Gasteiger partial charge on any atom is -0.305 e. The monoisotopic (exact) mass is 288 g/mol. The van der Waals surface area contributed by atoms with Gasteiger partial charge in [-0.1, -0.05) is 31.2 Å². The first-order chi connectivity index (χ1) is 10.0. The molecular weight excluding hydrogens is 260 g/mol. The number of carbonyl (C=O) groups is 1. The minimum absolute atomic E-state index is 0.0276. The summed E-state index contributed by atoms with van der Waals surface area (Å²) in [6.45, 7) is 6.21. The molecule has 2 rings (SSSR count). The molecule has 0 radical (unpaired) electrons. The van der Waals surface area contributed by atoms with Gasteiger partial charge in [-0.05, 0) is 52.4 Å². The smallest absolute Gasteiger partial charge is 0.179 e. The number of nitrogens with zero attached hydrogens (tertiary/aromatic N) is 2. The SMILES string of the molecule is CCc1ccc(C(=O)C(C)N2CCCC(N(C)C)C2)cc1. The second kappa shape index (κ2) is 7.19. The lowest BCUT2D eigenvalue weighted by Gasteiger charge is -2.38. The van der Waals surface area contributed by atoms with Crippen molar-refractivity contribution in [3.8, 4) is 0 Å². The highest BCUT2D eigenvalue weighted by Crippen LogP contribution is 2.18. The average molecular weight is 288 g/mol. The fraction of sp³-hybridized carbons (Fsp3) is 0.611. The average Bonchev–Trinajstić information content (AvgIpc) is 2.53. The number of rotatable bonds is 5. The predicted octanol–water partition coefficient (Wildman–Crippen LogP) is 2.85. The summed E-state index contributed by atoms with van der Waals surface area (Å²) in [4.78, 5) is 17.3. The molecule has 0 aromatic heterocycles. The number of benzene rings is 1. The van der Waals surface area contributed by atoms with Crippen molar-refractivity contribution in [2.24, 2.45) is 0 Å². The van der Waals surface area contributed by atoms with Crippen LogP contribution in [0.3, 0.4) is 0 Å². The largest absolute Gasteiger partial charge is 0.305 e. The second-order valence-electron chi connectivity index (χ2n) is 6.35. The van der Waals surface area contributed by atoms with E-state index in [-0.39, 0.29) is 11.8 Å². The zero-order valence-electron chi connectivity index (χ0n) is 13.8. The van der Waals surface area contributed by atoms with Crippen molar-refractivity contribution in [3.05, 3.63) is 35.4 Å². The van der Waals surface area contributed by atoms with Crippen LogP contribution in [0.25, 0.3) is 0 Å². The maximum Gasteiger partial charge on any atom is 0.179 e. The van der Waals surface area contributed by atoms with Gasteiger partial charge in [-0.25, -0.2) is 0 Å². The van der Waals surface area contributed by atoms with Gasteiger partial charge in [0, 0.05) is 18.2 Å². The van der Waals surface area contributed by atoms with E-state index in [9.17, 15) is 4.79 Å². The van der Waals surface area contributed by atoms with Crippen molar-refractivity contribution >= 4 is 5.78 Å². The van der Waals surface area contributed by atoms with Gasteiger partial charge in [0.15, 0.2) is 5.78 Å². The highest BCUT2D eigenvalue weighted by Gasteiger charge is 2.28. The van der Waals surface area contributed by atoms with Crippen LogP contribution >= 0.6 is 0 Å². The first kappa shape index (κ1) is 16.2. The third-order valence-electron chi connectivity index (χ3n) is 4.73. The Balaban J connectivity index is 2.03. The Kier molecular flexibility index (Phi) is 5.54. The lowest BCUT2D eigenvalue weighted by molar-refractivity contribution is 0.0698. The molecule has 1 saturated heterocycles. The minimum atomic E-state index is -0.0276. The molecular formula is C18H28N2O. The molecule has 1 fully saturated rings. The molecule has 0 bridgehead atoms. The van der Waals surface area contributed by atoms with Gasteiger partial charge in [0.2, 0.25) is 0 Å². The van der Waals surface area contributed by atoms with E-state index in [0.29, 0.717) is 6.04 Å². The van der Waals surface area contributed by atoms with Crippen molar-refractivity contribution < 1.29 is 4.79 Å². The molecule has 0 aliphatic carbocycles. The number of likely N-dealkylation sites (tertiary alicyclic amines) is 1. The molecule has 0 spiro atoms. The molecule has 3 heteroatoms. The summed E-state index contributed by atoms with van der Waals surface area (Å²) in [5.41, 5.74) is 2.12. The van der Waals surface area contributed by atoms with Crippen LogP contribution in [0.4, 0.5) is 0 Å². The van der Waals surface area contributed by atoms with E-state index in [0.717, 1.165) is 25.1 Å². The summed E-state index contributed by atoms with van der Waals surface area (Å²) in [5.74, 6) is 0.247. The van der Waals surface area contributed by atoms with Gasteiger partial charge >= 0.3 is 0 Å². The third-order valence-corrected chi connectivity index (χ3v) is 4.73. The zero-order chi connectivity index (χ0) is 15.4. The Morgan fingerprint density at radius 3 is 2.57 bits per heavy atom. The summed E-state index contributed by atoms with van der Waals surface area (Å²) >= 11 is 0. The van der Waals surface area contributed by atoms with E-state index in [1.54, 1.807) is 0 Å². The number of piperidine rings is 1. The summed E-state index contributed by atoms with van der Waals surface area (Å²) in [5, 5.41) is 0. The Labute approximate surface area is 128 Å². The summed E-state index contributed by atoms with van der Waals surface area (Å²) in [6.07, 6.45) is 3.42. The Morgan fingerprint density at radius 2 is 2.00 bits per heavy atom. The van der Waals surface area contributed by atoms with E-state index in [1.807, 2.05) is 19.1 Å². The number of carbonyl (C=O) groups excluding carboxylic acids is 1. The molecule has 1 aromatic rings. The molecule has 0 N–H and O–H groups in total. The van der Waals surface area contributed by atoms with Crippen LogP contribution in [-0.2, 0) is 6.42 Å². The van der Waals surface area contributed by atoms with Crippen LogP contribution in [0, 0.1) is 0 Å². The number of hydrogen-bond donors (Lipinski definition) is 0. The van der Waals surface area contributed by atoms with Crippen molar-refractivity contribution in [2.45, 2.75) is 45.2 Å². The lowest BCUT2D eigenvalue weighted by atomic mass is 9.98. The first-order valence-electron chi connectivity index (χ1n) is 8.06. The van der Waals surface area contributed by atoms with Gasteiger partial charge in [-0.15, -0.1) is 0 Å². The highest BCUT2D eigenvalue weighted by molar-refractivity contribution is 5.99. The molecule has 0 amide bonds. The van der Waals surface area contributed by atoms with E-state index in [4.69, 9.17) is 0 Å². The lowest BCUT2D eigenvalue weighted by Crippen LogP contribution is -2.50. The summed E-state index contributed by atoms with van der Waals surface area (Å²) in [6, 6.07) is 8.63. The molecule has 1 aliphatic rings. The summed E-state index contributed by atoms with van der Waals surface area (Å²) in [7, 11) is 4.26. The zero-order valence-corrected chi connectivity index (χ0v) is 13.8. The molecule has 0 saturated carbocycles. The van der Waals surface area contributed by atoms with Crippen LogP contribution in [0.2, 0.25) is 0 Å². The van der Waals surface area contributed by atoms with Gasteiger partial charge in [-0.2, -0.15) is 0 Å². The quantitative estimate of drug-likeness (QED) is 0.778. The number of ketones is 1. The molecule has 21 heavy (non-hydrogen) atoms. The normalized spacial score (nSPS) is 21.5. The maximum absolute atomic E-state index is 12.7. The van der Waals surface area contributed by atoms with Gasteiger partial charge in [-0.3, -0.25) is 9.69 Å². The van der Waals surface area contributed by atoms with Crippen molar-refractivity contribution in [1.82, 2.24) is 9.80 Å². The van der Waals surface area contributed by atoms with E-state index in [2.05, 4.69) is 43.0 Å². The second-order valence-corrected chi connectivity index (χ2v) is 6.35. The summed E-state index contributed by atoms with van der Waals surface area (Å²) < 4.78 is 0. The topological polar surface area (TPSA) is 23.6 Å². The maximum atomic E-state index is 12.7. The van der Waals surface area contributed by atoms with Crippen molar-refractivity contribution in [2.75, 3.05) is 27.2 Å². The Hall–Kier alpha value is -1.19. The molecule has 2 unspecified atom stereocenters. The number of Topliss-reactive ketones (excluding diaryl/α,β-unsaturated/α-hetero) is 1. The number of hydrogen-bond acceptors (Lipinski definition) is 3. The number of aryl methyl sites for hydroxylation is 1. The van der Waals surface area contributed by atoms with Crippen LogP contribution in [0.5, 0.6) is 0 Å². The highest BCUT2D eigenvalue weighted by atomic mass is 16.1.